The van der Waals surface area contributed by atoms with Gasteiger partial charge in [0.05, 0.1) is 28.3 Å². The van der Waals surface area contributed by atoms with E-state index in [0.29, 0.717) is 5.52 Å². The van der Waals surface area contributed by atoms with E-state index in [1.807, 2.05) is 60.7 Å². The van der Waals surface area contributed by atoms with Gasteiger partial charge in [-0.15, -0.1) is 0 Å². The number of hydrogen-bond acceptors (Lipinski definition) is 3. The van der Waals surface area contributed by atoms with Crippen molar-refractivity contribution < 1.29 is 21.6 Å². The van der Waals surface area contributed by atoms with Crippen LogP contribution in [0.1, 0.15) is 22.8 Å². The Labute approximate surface area is 159 Å². The molecule has 0 atom stereocenters. The van der Waals surface area contributed by atoms with Crippen molar-refractivity contribution in [2.24, 2.45) is 0 Å². The molecular formula is C20H14N4NiO. The van der Waals surface area contributed by atoms with Crippen molar-refractivity contribution in [3.05, 3.63) is 65.2 Å². The van der Waals surface area contributed by atoms with Gasteiger partial charge in [-0.05, 0) is 60.7 Å². The number of H-pyrrole nitrogens is 2. The summed E-state index contributed by atoms with van der Waals surface area (Å²) in [7, 11) is 0. The zero-order valence-electron chi connectivity index (χ0n) is 13.5. The first kappa shape index (κ1) is 16.4. The van der Waals surface area contributed by atoms with E-state index in [0.717, 1.165) is 39.3 Å². The van der Waals surface area contributed by atoms with Gasteiger partial charge < -0.3 is 15.1 Å². The molecule has 5 heterocycles. The quantitative estimate of drug-likeness (QED) is 0.347. The molecule has 0 saturated heterocycles. The maximum Gasteiger partial charge on any atom is 0.141 e. The van der Waals surface area contributed by atoms with E-state index in [-0.39, 0.29) is 22.2 Å². The normalized spacial score (nSPS) is 12.2. The van der Waals surface area contributed by atoms with E-state index in [4.69, 9.17) is 0 Å². The number of nitrogens with zero attached hydrogens (tertiary/aromatic N) is 2. The fourth-order valence-corrected chi connectivity index (χ4v) is 3.00. The van der Waals surface area contributed by atoms with Crippen LogP contribution in [0.4, 0.5) is 0 Å². The topological polar surface area (TPSA) is 77.6 Å². The summed E-state index contributed by atoms with van der Waals surface area (Å²) in [6, 6.07) is 13.4. The third-order valence-electron chi connectivity index (χ3n) is 4.15. The standard InChI is InChI=1S/C20H14N4O.Ni/c25-20-11-18-9-16-4-3-14(22-16)7-12-1-2-13(21-12)8-15-5-6-17(23-15)10-19(20)24-18;/h1-11,21,24-25H;. The van der Waals surface area contributed by atoms with Crippen LogP contribution in [0.5, 0.6) is 5.75 Å². The maximum absolute atomic E-state index is 10.2. The van der Waals surface area contributed by atoms with E-state index >= 15 is 0 Å². The van der Waals surface area contributed by atoms with Crippen LogP contribution in [0.15, 0.2) is 42.5 Å². The third-order valence-corrected chi connectivity index (χ3v) is 4.15. The summed E-state index contributed by atoms with van der Waals surface area (Å²) in [6.07, 6.45) is 7.79. The van der Waals surface area contributed by atoms with Crippen LogP contribution in [-0.4, -0.2) is 25.0 Å². The average Bonchev–Trinajstić information content (AvgIpc) is 3.33. The summed E-state index contributed by atoms with van der Waals surface area (Å²) in [6.45, 7) is 0. The number of nitrogens with one attached hydrogen (secondary N) is 2. The smallest absolute Gasteiger partial charge is 0.141 e. The van der Waals surface area contributed by atoms with Gasteiger partial charge in [-0.3, -0.25) is 0 Å². The van der Waals surface area contributed by atoms with E-state index in [2.05, 4.69) is 19.9 Å². The van der Waals surface area contributed by atoms with Gasteiger partial charge in [-0.1, -0.05) is 0 Å². The van der Waals surface area contributed by atoms with Gasteiger partial charge in [-0.2, -0.15) is 0 Å². The molecule has 2 aliphatic rings. The molecule has 3 aromatic rings. The molecule has 5 nitrogen and oxygen atoms in total. The van der Waals surface area contributed by atoms with Gasteiger partial charge >= 0.3 is 0 Å². The molecule has 0 radical (unpaired) electrons. The molecule has 0 aliphatic carbocycles. The van der Waals surface area contributed by atoms with Crippen molar-refractivity contribution in [1.82, 2.24) is 19.9 Å². The summed E-state index contributed by atoms with van der Waals surface area (Å²) in [5.41, 5.74) is 6.74. The SMILES string of the molecule is Oc1cc2cc3nc(cc4ccc(cc5nc(cc1[nH]2)C=C5)[nH]4)C=C3.[Ni]. The van der Waals surface area contributed by atoms with E-state index in [1.165, 1.54) is 0 Å². The molecule has 3 aromatic heterocycles. The van der Waals surface area contributed by atoms with Crippen molar-refractivity contribution in [2.75, 3.05) is 0 Å². The molecule has 26 heavy (non-hydrogen) atoms. The molecule has 5 rings (SSSR count). The first-order valence-electron chi connectivity index (χ1n) is 7.99. The molecule has 0 aromatic carbocycles. The van der Waals surface area contributed by atoms with Gasteiger partial charge in [-0.25, -0.2) is 9.97 Å². The summed E-state index contributed by atoms with van der Waals surface area (Å²) in [5, 5.41) is 10.2. The van der Waals surface area contributed by atoms with Crippen LogP contribution >= 0.6 is 0 Å². The van der Waals surface area contributed by atoms with Crippen LogP contribution < -0.4 is 0 Å². The molecule has 2 aliphatic heterocycles. The number of fused-ring (bicyclic) bond motifs is 8. The summed E-state index contributed by atoms with van der Waals surface area (Å²) in [5.74, 6) is 0.191. The fourth-order valence-electron chi connectivity index (χ4n) is 3.00. The molecule has 0 spiro atoms. The van der Waals surface area contributed by atoms with Crippen molar-refractivity contribution in [2.45, 2.75) is 0 Å². The number of aromatic amines is 2. The molecular weight excluding hydrogens is 371 g/mol. The maximum atomic E-state index is 10.2. The molecule has 130 valence electrons. The zero-order valence-corrected chi connectivity index (χ0v) is 14.5. The van der Waals surface area contributed by atoms with Gasteiger partial charge in [0.15, 0.2) is 0 Å². The predicted molar refractivity (Wildman–Crippen MR) is 101 cm³/mol. The Morgan fingerprint density at radius 2 is 1.12 bits per heavy atom. The Bertz CT molecular complexity index is 1220. The Hall–Kier alpha value is -3.11. The molecule has 6 heteroatoms. The Morgan fingerprint density at radius 1 is 0.615 bits per heavy atom. The number of rotatable bonds is 0. The Morgan fingerprint density at radius 3 is 1.69 bits per heavy atom. The van der Waals surface area contributed by atoms with Gasteiger partial charge in [0.1, 0.15) is 5.75 Å². The number of aromatic nitrogens is 4. The third kappa shape index (κ3) is 3.07. The van der Waals surface area contributed by atoms with Crippen molar-refractivity contribution in [1.29, 1.82) is 0 Å². The second kappa shape index (κ2) is 6.32. The summed E-state index contributed by atoms with van der Waals surface area (Å²) < 4.78 is 0. The fraction of sp³-hybridized carbons (Fsp3) is 0. The van der Waals surface area contributed by atoms with Crippen LogP contribution in [0.25, 0.3) is 46.4 Å². The van der Waals surface area contributed by atoms with E-state index in [9.17, 15) is 5.11 Å². The van der Waals surface area contributed by atoms with E-state index < -0.39 is 0 Å². The molecule has 0 fully saturated rings. The van der Waals surface area contributed by atoms with Crippen molar-refractivity contribution >= 4 is 46.4 Å². The number of aromatic hydroxyl groups is 1. The average molecular weight is 385 g/mol. The second-order valence-corrected chi connectivity index (χ2v) is 6.06. The van der Waals surface area contributed by atoms with Gasteiger partial charge in [0, 0.05) is 39.1 Å². The summed E-state index contributed by atoms with van der Waals surface area (Å²) >= 11 is 0. The van der Waals surface area contributed by atoms with Crippen LogP contribution in [0.3, 0.4) is 0 Å². The molecule has 3 N–H and O–H groups in total. The zero-order chi connectivity index (χ0) is 16.8. The van der Waals surface area contributed by atoms with Crippen LogP contribution in [-0.2, 0) is 16.5 Å². The van der Waals surface area contributed by atoms with E-state index in [1.54, 1.807) is 6.07 Å². The van der Waals surface area contributed by atoms with Crippen molar-refractivity contribution in [3.63, 3.8) is 0 Å². The molecule has 0 amide bonds. The minimum atomic E-state index is 0. The Kier molecular flexibility index (Phi) is 3.98. The van der Waals surface area contributed by atoms with Gasteiger partial charge in [0.2, 0.25) is 0 Å². The first-order valence-corrected chi connectivity index (χ1v) is 7.99. The van der Waals surface area contributed by atoms with Crippen LogP contribution in [0.2, 0.25) is 0 Å². The molecule has 8 bridgehead atoms. The van der Waals surface area contributed by atoms with Gasteiger partial charge in [0.25, 0.3) is 0 Å². The van der Waals surface area contributed by atoms with Crippen molar-refractivity contribution in [3.8, 4) is 5.75 Å². The number of hydrogen-bond donors (Lipinski definition) is 3. The second-order valence-electron chi connectivity index (χ2n) is 6.06. The minimum absolute atomic E-state index is 0. The minimum Gasteiger partial charge on any atom is -0.506 e. The predicted octanol–water partition coefficient (Wildman–Crippen LogP) is 4.36. The first-order chi connectivity index (χ1) is 12.2. The molecule has 0 saturated carbocycles. The summed E-state index contributed by atoms with van der Waals surface area (Å²) in [4.78, 5) is 15.7. The molecule has 0 unspecified atom stereocenters. The Balaban J connectivity index is 0.00000168. The monoisotopic (exact) mass is 384 g/mol. The van der Waals surface area contributed by atoms with Crippen LogP contribution in [0, 0.1) is 0 Å². The largest absolute Gasteiger partial charge is 0.506 e.